The normalized spacial score (nSPS) is 11.0. The summed E-state index contributed by atoms with van der Waals surface area (Å²) in [5.74, 6) is 5.67. The van der Waals surface area contributed by atoms with Gasteiger partial charge < -0.3 is 10.2 Å². The second kappa shape index (κ2) is 6.17. The number of methoxy groups -OCH3 is 1. The molecular weight excluding hydrogens is 316 g/mol. The standard InChI is InChI=1S/C12H13ClN4O3S/c1-20-10-7-8(4-5-9(10)13)17-21(18,19)11-3-2-6-15-12(11)16-14/h2-7,17H,14H2,1H3,(H,15,16). The molecule has 0 bridgehead atoms. The van der Waals surface area contributed by atoms with Crippen molar-refractivity contribution in [2.75, 3.05) is 17.3 Å². The summed E-state index contributed by atoms with van der Waals surface area (Å²) < 4.78 is 32.1. The molecule has 0 aliphatic heterocycles. The summed E-state index contributed by atoms with van der Waals surface area (Å²) in [7, 11) is -2.41. The number of pyridine rings is 1. The van der Waals surface area contributed by atoms with Gasteiger partial charge in [-0.15, -0.1) is 0 Å². The molecule has 1 aromatic carbocycles. The maximum atomic E-state index is 12.3. The molecule has 1 heterocycles. The van der Waals surface area contributed by atoms with E-state index in [4.69, 9.17) is 22.2 Å². The van der Waals surface area contributed by atoms with E-state index in [0.717, 1.165) is 0 Å². The molecule has 0 atom stereocenters. The van der Waals surface area contributed by atoms with E-state index >= 15 is 0 Å². The Morgan fingerprint density at radius 1 is 1.33 bits per heavy atom. The number of anilines is 2. The van der Waals surface area contributed by atoms with Crippen LogP contribution < -0.4 is 20.7 Å². The van der Waals surface area contributed by atoms with E-state index in [-0.39, 0.29) is 10.7 Å². The van der Waals surface area contributed by atoms with Gasteiger partial charge in [-0.25, -0.2) is 19.2 Å². The van der Waals surface area contributed by atoms with Crippen LogP contribution in [0.4, 0.5) is 11.5 Å². The molecule has 9 heteroatoms. The molecule has 0 unspecified atom stereocenters. The van der Waals surface area contributed by atoms with Gasteiger partial charge in [0.05, 0.1) is 17.8 Å². The number of nitrogens with zero attached hydrogens (tertiary/aromatic N) is 1. The van der Waals surface area contributed by atoms with Crippen molar-refractivity contribution in [1.82, 2.24) is 4.98 Å². The van der Waals surface area contributed by atoms with E-state index < -0.39 is 10.0 Å². The van der Waals surface area contributed by atoms with Crippen LogP contribution in [0.2, 0.25) is 5.02 Å². The second-order valence-electron chi connectivity index (χ2n) is 3.95. The van der Waals surface area contributed by atoms with Crippen molar-refractivity contribution in [2.45, 2.75) is 4.90 Å². The molecule has 112 valence electrons. The minimum absolute atomic E-state index is 0.0472. The van der Waals surface area contributed by atoms with Gasteiger partial charge in [-0.1, -0.05) is 11.6 Å². The van der Waals surface area contributed by atoms with E-state index in [0.29, 0.717) is 16.5 Å². The SMILES string of the molecule is COc1cc(NS(=O)(=O)c2cccnc2NN)ccc1Cl. The molecule has 0 spiro atoms. The number of nitrogens with one attached hydrogen (secondary N) is 2. The Morgan fingerprint density at radius 3 is 2.76 bits per heavy atom. The Labute approximate surface area is 127 Å². The molecule has 0 fully saturated rings. The summed E-state index contributed by atoms with van der Waals surface area (Å²) in [5.41, 5.74) is 2.55. The molecule has 0 saturated heterocycles. The third kappa shape index (κ3) is 3.35. The minimum atomic E-state index is -3.85. The first-order chi connectivity index (χ1) is 9.97. The monoisotopic (exact) mass is 328 g/mol. The quantitative estimate of drug-likeness (QED) is 0.571. The van der Waals surface area contributed by atoms with Crippen LogP contribution >= 0.6 is 11.6 Å². The lowest BCUT2D eigenvalue weighted by atomic mass is 10.3. The van der Waals surface area contributed by atoms with Crippen LogP contribution in [0.15, 0.2) is 41.4 Å². The number of rotatable bonds is 5. The predicted molar refractivity (Wildman–Crippen MR) is 80.9 cm³/mol. The van der Waals surface area contributed by atoms with Gasteiger partial charge >= 0.3 is 0 Å². The molecule has 0 saturated carbocycles. The number of halogens is 1. The van der Waals surface area contributed by atoms with Gasteiger partial charge in [0.25, 0.3) is 10.0 Å². The topological polar surface area (TPSA) is 106 Å². The fraction of sp³-hybridized carbons (Fsp3) is 0.0833. The predicted octanol–water partition coefficient (Wildman–Crippen LogP) is 1.83. The molecule has 7 nitrogen and oxygen atoms in total. The highest BCUT2D eigenvalue weighted by Gasteiger charge is 2.19. The molecule has 0 radical (unpaired) electrons. The van der Waals surface area contributed by atoms with Crippen molar-refractivity contribution < 1.29 is 13.2 Å². The van der Waals surface area contributed by atoms with Gasteiger partial charge in [-0.05, 0) is 24.3 Å². The van der Waals surface area contributed by atoms with E-state index in [9.17, 15) is 8.42 Å². The van der Waals surface area contributed by atoms with Gasteiger partial charge in [0.15, 0.2) is 5.82 Å². The number of hydrazine groups is 1. The summed E-state index contributed by atoms with van der Waals surface area (Å²) >= 11 is 5.89. The van der Waals surface area contributed by atoms with Gasteiger partial charge in [-0.2, -0.15) is 0 Å². The maximum absolute atomic E-state index is 12.3. The smallest absolute Gasteiger partial charge is 0.265 e. The zero-order valence-electron chi connectivity index (χ0n) is 11.0. The fourth-order valence-electron chi connectivity index (χ4n) is 1.65. The van der Waals surface area contributed by atoms with Gasteiger partial charge in [-0.3, -0.25) is 4.72 Å². The van der Waals surface area contributed by atoms with Crippen LogP contribution in [-0.2, 0) is 10.0 Å². The fourth-order valence-corrected chi connectivity index (χ4v) is 3.02. The Bertz CT molecular complexity index is 752. The van der Waals surface area contributed by atoms with Crippen LogP contribution in [-0.4, -0.2) is 20.5 Å². The molecule has 1 aromatic heterocycles. The van der Waals surface area contributed by atoms with Gasteiger partial charge in [0, 0.05) is 12.3 Å². The van der Waals surface area contributed by atoms with Crippen LogP contribution in [0.25, 0.3) is 0 Å². The molecule has 4 N–H and O–H groups in total. The van der Waals surface area contributed by atoms with Crippen LogP contribution in [0.3, 0.4) is 0 Å². The second-order valence-corrected chi connectivity index (χ2v) is 6.01. The lowest BCUT2D eigenvalue weighted by Crippen LogP contribution is -2.18. The first-order valence-corrected chi connectivity index (χ1v) is 7.62. The number of nitrogens with two attached hydrogens (primary N) is 1. The first-order valence-electron chi connectivity index (χ1n) is 5.76. The number of ether oxygens (including phenoxy) is 1. The largest absolute Gasteiger partial charge is 0.495 e. The summed E-state index contributed by atoms with van der Waals surface area (Å²) in [4.78, 5) is 3.78. The summed E-state index contributed by atoms with van der Waals surface area (Å²) in [5, 5.41) is 0.381. The van der Waals surface area contributed by atoms with Crippen molar-refractivity contribution in [2.24, 2.45) is 5.84 Å². The zero-order valence-corrected chi connectivity index (χ0v) is 12.6. The van der Waals surface area contributed by atoms with Crippen molar-refractivity contribution in [3.63, 3.8) is 0 Å². The Balaban J connectivity index is 2.37. The minimum Gasteiger partial charge on any atom is -0.495 e. The van der Waals surface area contributed by atoms with Crippen molar-refractivity contribution in [3.8, 4) is 5.75 Å². The average Bonchev–Trinajstić information content (AvgIpc) is 2.49. The van der Waals surface area contributed by atoms with E-state index in [1.165, 1.54) is 43.6 Å². The zero-order chi connectivity index (χ0) is 15.5. The molecule has 2 aromatic rings. The summed E-state index contributed by atoms with van der Waals surface area (Å²) in [6, 6.07) is 7.42. The number of benzene rings is 1. The van der Waals surface area contributed by atoms with Gasteiger partial charge in [0.1, 0.15) is 10.6 Å². The maximum Gasteiger partial charge on any atom is 0.265 e. The number of hydrogen-bond donors (Lipinski definition) is 3. The Hall–Kier alpha value is -2.03. The summed E-state index contributed by atoms with van der Waals surface area (Å²) in [6.45, 7) is 0. The van der Waals surface area contributed by atoms with E-state index in [2.05, 4.69) is 15.1 Å². The number of nitrogen functional groups attached to an aromatic ring is 1. The van der Waals surface area contributed by atoms with E-state index in [1.807, 2.05) is 0 Å². The molecule has 0 amide bonds. The molecule has 2 rings (SSSR count). The van der Waals surface area contributed by atoms with Crippen molar-refractivity contribution in [1.29, 1.82) is 0 Å². The van der Waals surface area contributed by atoms with Crippen molar-refractivity contribution in [3.05, 3.63) is 41.6 Å². The first kappa shape index (κ1) is 15.4. The summed E-state index contributed by atoms with van der Waals surface area (Å²) in [6.07, 6.45) is 1.43. The van der Waals surface area contributed by atoms with Crippen molar-refractivity contribution >= 4 is 33.1 Å². The molecule has 21 heavy (non-hydrogen) atoms. The molecule has 0 aliphatic rings. The highest BCUT2D eigenvalue weighted by atomic mass is 35.5. The molecule has 0 aliphatic carbocycles. The Morgan fingerprint density at radius 2 is 2.10 bits per heavy atom. The highest BCUT2D eigenvalue weighted by molar-refractivity contribution is 7.92. The van der Waals surface area contributed by atoms with Crippen LogP contribution in [0.5, 0.6) is 5.75 Å². The lowest BCUT2D eigenvalue weighted by molar-refractivity contribution is 0.415. The van der Waals surface area contributed by atoms with E-state index in [1.54, 1.807) is 0 Å². The number of aromatic nitrogens is 1. The average molecular weight is 329 g/mol. The Kier molecular flexibility index (Phi) is 4.51. The third-order valence-electron chi connectivity index (χ3n) is 2.60. The lowest BCUT2D eigenvalue weighted by Gasteiger charge is -2.12. The number of hydrogen-bond acceptors (Lipinski definition) is 6. The highest BCUT2D eigenvalue weighted by Crippen LogP contribution is 2.29. The number of sulfonamides is 1. The van der Waals surface area contributed by atoms with Crippen LogP contribution in [0.1, 0.15) is 0 Å². The van der Waals surface area contributed by atoms with Gasteiger partial charge in [0.2, 0.25) is 0 Å². The third-order valence-corrected chi connectivity index (χ3v) is 4.33. The van der Waals surface area contributed by atoms with Crippen LogP contribution in [0, 0.1) is 0 Å². The molecular formula is C12H13ClN4O3S.